The molecule has 3 aliphatic rings. The average molecular weight is 425 g/mol. The van der Waals surface area contributed by atoms with Crippen molar-refractivity contribution < 1.29 is 4.79 Å². The number of nitrogens with zero attached hydrogens (tertiary/aromatic N) is 1. The van der Waals surface area contributed by atoms with E-state index in [4.69, 9.17) is 10.7 Å². The number of carbonyl (C=O) groups excluding carboxylic acids is 1. The third kappa shape index (κ3) is 3.89. The number of carbonyl (C=O) groups is 1. The van der Waals surface area contributed by atoms with Gasteiger partial charge in [-0.15, -0.1) is 24.8 Å². The number of aromatic nitrogens is 2. The van der Waals surface area contributed by atoms with E-state index in [0.717, 1.165) is 35.4 Å². The van der Waals surface area contributed by atoms with Crippen molar-refractivity contribution in [3.63, 3.8) is 0 Å². The van der Waals surface area contributed by atoms with Crippen molar-refractivity contribution in [1.82, 2.24) is 9.97 Å². The van der Waals surface area contributed by atoms with E-state index in [-0.39, 0.29) is 36.6 Å². The number of imidazole rings is 1. The molecule has 1 aromatic heterocycles. The number of halogens is 2. The Morgan fingerprint density at radius 2 is 1.75 bits per heavy atom. The van der Waals surface area contributed by atoms with Gasteiger partial charge in [0.2, 0.25) is 5.91 Å². The molecule has 3 saturated carbocycles. The van der Waals surface area contributed by atoms with Crippen molar-refractivity contribution in [1.29, 1.82) is 0 Å². The monoisotopic (exact) mass is 424 g/mol. The Morgan fingerprint density at radius 3 is 2.39 bits per heavy atom. The first-order chi connectivity index (χ1) is 12.7. The molecular weight excluding hydrogens is 395 g/mol. The van der Waals surface area contributed by atoms with E-state index in [9.17, 15) is 4.79 Å². The van der Waals surface area contributed by atoms with Crippen molar-refractivity contribution in [3.8, 4) is 0 Å². The quantitative estimate of drug-likeness (QED) is 0.663. The maximum Gasteiger partial charge on any atom is 0.227 e. The van der Waals surface area contributed by atoms with Crippen LogP contribution in [-0.2, 0) is 4.79 Å². The van der Waals surface area contributed by atoms with Crippen molar-refractivity contribution in [2.75, 3.05) is 5.32 Å². The van der Waals surface area contributed by atoms with Crippen LogP contribution in [0.15, 0.2) is 18.2 Å². The first kappa shape index (κ1) is 21.4. The molecule has 4 N–H and O–H groups in total. The first-order valence-corrected chi connectivity index (χ1v) is 10.2. The number of amides is 1. The number of rotatable bonds is 3. The molecule has 1 aromatic carbocycles. The normalized spacial score (nSPS) is 29.3. The molecule has 2 atom stereocenters. The first-order valence-electron chi connectivity index (χ1n) is 10.2. The molecule has 0 radical (unpaired) electrons. The zero-order chi connectivity index (χ0) is 17.7. The Labute approximate surface area is 178 Å². The van der Waals surface area contributed by atoms with Crippen LogP contribution in [0.5, 0.6) is 0 Å². The molecule has 2 unspecified atom stereocenters. The Hall–Kier alpha value is -1.30. The van der Waals surface area contributed by atoms with E-state index < -0.39 is 0 Å². The predicted octanol–water partition coefficient (Wildman–Crippen LogP) is 4.77. The summed E-state index contributed by atoms with van der Waals surface area (Å²) in [6.07, 6.45) is 9.30. The number of H-pyrrole nitrogens is 1. The standard InChI is InChI=1S/C21H28N4O.2ClH/c22-19-13-5-2-6-14(19)10-15(9-13)21(26)23-16-7-8-17-18(11-16)25-20(24-17)12-3-1-4-12;;/h7-8,11-15,19H,1-6,9-10,22H2,(H,23,26)(H,24,25);2*1H. The van der Waals surface area contributed by atoms with Gasteiger partial charge in [-0.1, -0.05) is 12.8 Å². The maximum absolute atomic E-state index is 12.8. The highest BCUT2D eigenvalue weighted by molar-refractivity contribution is 5.94. The summed E-state index contributed by atoms with van der Waals surface area (Å²) < 4.78 is 0. The fourth-order valence-corrected chi connectivity index (χ4v) is 5.23. The fraction of sp³-hybridized carbons (Fsp3) is 0.619. The maximum atomic E-state index is 12.8. The summed E-state index contributed by atoms with van der Waals surface area (Å²) in [6.45, 7) is 0. The molecule has 28 heavy (non-hydrogen) atoms. The molecule has 5 rings (SSSR count). The summed E-state index contributed by atoms with van der Waals surface area (Å²) in [5.74, 6) is 3.01. The van der Waals surface area contributed by atoms with Crippen molar-refractivity contribution >= 4 is 47.4 Å². The molecule has 3 aliphatic carbocycles. The lowest BCUT2D eigenvalue weighted by Crippen LogP contribution is -2.48. The molecule has 2 bridgehead atoms. The molecule has 154 valence electrons. The lowest BCUT2D eigenvalue weighted by Gasteiger charge is -2.43. The summed E-state index contributed by atoms with van der Waals surface area (Å²) >= 11 is 0. The third-order valence-electron chi connectivity index (χ3n) is 7.04. The molecule has 7 heteroatoms. The summed E-state index contributed by atoms with van der Waals surface area (Å²) in [4.78, 5) is 21.0. The number of hydrogen-bond donors (Lipinski definition) is 3. The van der Waals surface area contributed by atoms with Gasteiger partial charge in [0.15, 0.2) is 0 Å². The van der Waals surface area contributed by atoms with Crippen molar-refractivity contribution in [3.05, 3.63) is 24.0 Å². The van der Waals surface area contributed by atoms with Gasteiger partial charge in [-0.25, -0.2) is 4.98 Å². The number of anilines is 1. The predicted molar refractivity (Wildman–Crippen MR) is 117 cm³/mol. The van der Waals surface area contributed by atoms with Gasteiger partial charge < -0.3 is 16.0 Å². The van der Waals surface area contributed by atoms with Crippen molar-refractivity contribution in [2.24, 2.45) is 23.5 Å². The molecule has 0 saturated heterocycles. The van der Waals surface area contributed by atoms with E-state index in [1.807, 2.05) is 18.2 Å². The zero-order valence-electron chi connectivity index (χ0n) is 16.0. The second kappa shape index (κ2) is 8.60. The SMILES string of the molecule is Cl.Cl.NC1C2CCCC1CC(C(=O)Nc1ccc3nc(C4CCC4)[nH]c3c1)C2. The minimum absolute atomic E-state index is 0. The van der Waals surface area contributed by atoms with Gasteiger partial charge in [0, 0.05) is 23.6 Å². The molecule has 1 heterocycles. The highest BCUT2D eigenvalue weighted by atomic mass is 35.5. The second-order valence-corrected chi connectivity index (χ2v) is 8.67. The Balaban J connectivity index is 0.00000112. The minimum atomic E-state index is 0. The molecule has 0 aliphatic heterocycles. The molecule has 3 fully saturated rings. The average Bonchev–Trinajstić information content (AvgIpc) is 2.95. The van der Waals surface area contributed by atoms with Crippen LogP contribution in [0, 0.1) is 17.8 Å². The Bertz CT molecular complexity index is 821. The van der Waals surface area contributed by atoms with Crippen LogP contribution < -0.4 is 11.1 Å². The molecule has 5 nitrogen and oxygen atoms in total. The van der Waals surface area contributed by atoms with Gasteiger partial charge in [0.05, 0.1) is 11.0 Å². The molecule has 0 spiro atoms. The summed E-state index contributed by atoms with van der Waals surface area (Å²) in [5.41, 5.74) is 9.24. The highest BCUT2D eigenvalue weighted by Gasteiger charge is 2.40. The lowest BCUT2D eigenvalue weighted by atomic mass is 9.65. The number of benzene rings is 1. The van der Waals surface area contributed by atoms with Crippen molar-refractivity contribution in [2.45, 2.75) is 63.3 Å². The van der Waals surface area contributed by atoms with Gasteiger partial charge >= 0.3 is 0 Å². The van der Waals surface area contributed by atoms with Crippen LogP contribution in [0.2, 0.25) is 0 Å². The topological polar surface area (TPSA) is 83.8 Å². The molecular formula is C21H30Cl2N4O. The molecule has 1 amide bonds. The number of nitrogens with two attached hydrogens (primary N) is 1. The van der Waals surface area contributed by atoms with E-state index >= 15 is 0 Å². The van der Waals surface area contributed by atoms with E-state index in [1.54, 1.807) is 0 Å². The smallest absolute Gasteiger partial charge is 0.227 e. The zero-order valence-corrected chi connectivity index (χ0v) is 17.7. The summed E-state index contributed by atoms with van der Waals surface area (Å²) in [5, 5.41) is 3.15. The van der Waals surface area contributed by atoms with Gasteiger partial charge in [0.25, 0.3) is 0 Å². The van der Waals surface area contributed by atoms with Crippen LogP contribution in [0.25, 0.3) is 11.0 Å². The van der Waals surface area contributed by atoms with Gasteiger partial charge in [-0.05, 0) is 68.6 Å². The number of hydrogen-bond acceptors (Lipinski definition) is 3. The van der Waals surface area contributed by atoms with E-state index in [2.05, 4.69) is 10.3 Å². The minimum Gasteiger partial charge on any atom is -0.342 e. The van der Waals surface area contributed by atoms with E-state index in [0.29, 0.717) is 23.8 Å². The summed E-state index contributed by atoms with van der Waals surface area (Å²) in [6, 6.07) is 6.31. The largest absolute Gasteiger partial charge is 0.342 e. The fourth-order valence-electron chi connectivity index (χ4n) is 5.23. The molecule has 2 aromatic rings. The number of fused-ring (bicyclic) bond motifs is 3. The third-order valence-corrected chi connectivity index (χ3v) is 7.04. The van der Waals surface area contributed by atoms with E-state index in [1.165, 1.54) is 38.5 Å². The lowest BCUT2D eigenvalue weighted by molar-refractivity contribution is -0.122. The second-order valence-electron chi connectivity index (χ2n) is 8.67. The van der Waals surface area contributed by atoms with Crippen LogP contribution in [-0.4, -0.2) is 21.9 Å². The Morgan fingerprint density at radius 1 is 1.07 bits per heavy atom. The van der Waals surface area contributed by atoms with Crippen LogP contribution in [0.1, 0.15) is 63.1 Å². The van der Waals surface area contributed by atoms with Crippen LogP contribution in [0.3, 0.4) is 0 Å². The highest BCUT2D eigenvalue weighted by Crippen LogP contribution is 2.42. The van der Waals surface area contributed by atoms with Crippen LogP contribution >= 0.6 is 24.8 Å². The van der Waals surface area contributed by atoms with Gasteiger partial charge in [-0.3, -0.25) is 4.79 Å². The number of nitrogens with one attached hydrogen (secondary N) is 2. The summed E-state index contributed by atoms with van der Waals surface area (Å²) in [7, 11) is 0. The van der Waals surface area contributed by atoms with Crippen LogP contribution in [0.4, 0.5) is 5.69 Å². The Kier molecular flexibility index (Phi) is 6.58. The number of aromatic amines is 1. The van der Waals surface area contributed by atoms with Gasteiger partial charge in [-0.2, -0.15) is 0 Å². The van der Waals surface area contributed by atoms with Gasteiger partial charge in [0.1, 0.15) is 5.82 Å².